The summed E-state index contributed by atoms with van der Waals surface area (Å²) >= 11 is 5.83. The number of aliphatic hydroxyl groups excluding tert-OH is 1. The second-order valence-electron chi connectivity index (χ2n) is 5.89. The van der Waals surface area contributed by atoms with Crippen molar-refractivity contribution >= 4 is 11.6 Å². The molecule has 21 heavy (non-hydrogen) atoms. The number of aliphatic hydroxyl groups is 1. The molecule has 0 bridgehead atoms. The first-order valence-electron chi connectivity index (χ1n) is 7.97. The van der Waals surface area contributed by atoms with E-state index in [0.717, 1.165) is 10.6 Å². The predicted molar refractivity (Wildman–Crippen MR) is 86.6 cm³/mol. The van der Waals surface area contributed by atoms with Gasteiger partial charge in [-0.25, -0.2) is 0 Å². The minimum absolute atomic E-state index is 0.363. The molecular weight excluding hydrogens is 286 g/mol. The molecule has 3 nitrogen and oxygen atoms in total. The van der Waals surface area contributed by atoms with Crippen molar-refractivity contribution < 1.29 is 9.84 Å². The van der Waals surface area contributed by atoms with Crippen molar-refractivity contribution in [1.82, 2.24) is 5.32 Å². The second-order valence-corrected chi connectivity index (χ2v) is 6.33. The average molecular weight is 312 g/mol. The van der Waals surface area contributed by atoms with Crippen molar-refractivity contribution in [1.29, 1.82) is 0 Å². The minimum Gasteiger partial charge on any atom is -0.389 e. The molecule has 4 heteroatoms. The van der Waals surface area contributed by atoms with E-state index in [0.29, 0.717) is 25.8 Å². The van der Waals surface area contributed by atoms with Gasteiger partial charge in [0.1, 0.15) is 0 Å². The van der Waals surface area contributed by atoms with E-state index >= 15 is 0 Å². The number of ether oxygens (including phenoxy) is 1. The summed E-state index contributed by atoms with van der Waals surface area (Å²) in [6.45, 7) is 1.49. The fourth-order valence-electron chi connectivity index (χ4n) is 2.74. The van der Waals surface area contributed by atoms with Crippen LogP contribution in [-0.4, -0.2) is 30.4 Å². The first-order valence-corrected chi connectivity index (χ1v) is 8.35. The summed E-state index contributed by atoms with van der Waals surface area (Å²) in [4.78, 5) is 0. The van der Waals surface area contributed by atoms with Gasteiger partial charge in [0.2, 0.25) is 0 Å². The molecule has 1 saturated carbocycles. The maximum atomic E-state index is 9.96. The second kappa shape index (κ2) is 9.42. The maximum Gasteiger partial charge on any atom is 0.0897 e. The summed E-state index contributed by atoms with van der Waals surface area (Å²) in [5.74, 6) is 0. The van der Waals surface area contributed by atoms with Gasteiger partial charge >= 0.3 is 0 Å². The van der Waals surface area contributed by atoms with Crippen molar-refractivity contribution in [2.45, 2.75) is 57.3 Å². The van der Waals surface area contributed by atoms with E-state index < -0.39 is 6.10 Å². The lowest BCUT2D eigenvalue weighted by Gasteiger charge is -2.19. The zero-order valence-electron chi connectivity index (χ0n) is 12.6. The number of hydrogen-bond acceptors (Lipinski definition) is 3. The van der Waals surface area contributed by atoms with Gasteiger partial charge in [-0.3, -0.25) is 0 Å². The molecule has 0 radical (unpaired) electrons. The molecule has 1 aliphatic carbocycles. The van der Waals surface area contributed by atoms with Gasteiger partial charge in [0.25, 0.3) is 0 Å². The summed E-state index contributed by atoms with van der Waals surface area (Å²) < 4.78 is 5.55. The summed E-state index contributed by atoms with van der Waals surface area (Å²) in [6.07, 6.45) is 7.34. The summed E-state index contributed by atoms with van der Waals surface area (Å²) in [6, 6.07) is 8.16. The summed E-state index contributed by atoms with van der Waals surface area (Å²) in [5.41, 5.74) is 1.07. The van der Waals surface area contributed by atoms with Crippen LogP contribution in [0.3, 0.4) is 0 Å². The van der Waals surface area contributed by atoms with E-state index in [4.69, 9.17) is 16.3 Å². The lowest BCUT2D eigenvalue weighted by molar-refractivity contribution is 0.0274. The quantitative estimate of drug-likeness (QED) is 0.757. The van der Waals surface area contributed by atoms with E-state index in [-0.39, 0.29) is 0 Å². The molecule has 1 aromatic rings. The molecule has 1 aliphatic rings. The van der Waals surface area contributed by atoms with Gasteiger partial charge in [-0.1, -0.05) is 49.4 Å². The van der Waals surface area contributed by atoms with Crippen molar-refractivity contribution in [3.05, 3.63) is 34.9 Å². The molecule has 1 aromatic carbocycles. The van der Waals surface area contributed by atoms with Crippen LogP contribution in [-0.2, 0) is 11.3 Å². The molecule has 118 valence electrons. The topological polar surface area (TPSA) is 41.5 Å². The maximum absolute atomic E-state index is 9.96. The van der Waals surface area contributed by atoms with E-state index in [1.165, 1.54) is 38.5 Å². The molecule has 0 aliphatic heterocycles. The first-order chi connectivity index (χ1) is 10.2. The van der Waals surface area contributed by atoms with Gasteiger partial charge in [-0.05, 0) is 30.5 Å². The standard InChI is InChI=1S/C17H26ClNO2/c18-15-9-7-14(8-10-15)12-21-13-17(20)11-19-16-5-3-1-2-4-6-16/h7-10,16-17,19-20H,1-6,11-13H2/t17-/m0/s1. The smallest absolute Gasteiger partial charge is 0.0897 e. The fraction of sp³-hybridized carbons (Fsp3) is 0.647. The Kier molecular flexibility index (Phi) is 7.51. The van der Waals surface area contributed by atoms with Crippen molar-refractivity contribution in [3.63, 3.8) is 0 Å². The number of nitrogens with one attached hydrogen (secondary N) is 1. The Morgan fingerprint density at radius 2 is 1.81 bits per heavy atom. The van der Waals surface area contributed by atoms with Gasteiger partial charge in [0, 0.05) is 17.6 Å². The predicted octanol–water partition coefficient (Wildman–Crippen LogP) is 3.53. The highest BCUT2D eigenvalue weighted by atomic mass is 35.5. The molecule has 1 fully saturated rings. The highest BCUT2D eigenvalue weighted by Gasteiger charge is 2.13. The number of rotatable bonds is 7. The van der Waals surface area contributed by atoms with E-state index in [1.807, 2.05) is 24.3 Å². The molecule has 1 atom stereocenters. The number of hydrogen-bond donors (Lipinski definition) is 2. The molecule has 2 rings (SSSR count). The van der Waals surface area contributed by atoms with Crippen molar-refractivity contribution in [2.75, 3.05) is 13.2 Å². The average Bonchev–Trinajstić information content (AvgIpc) is 2.76. The van der Waals surface area contributed by atoms with E-state index in [2.05, 4.69) is 5.32 Å². The van der Waals surface area contributed by atoms with Crippen LogP contribution in [0.2, 0.25) is 5.02 Å². The van der Waals surface area contributed by atoms with Crippen LogP contribution >= 0.6 is 11.6 Å². The van der Waals surface area contributed by atoms with Crippen LogP contribution in [0.4, 0.5) is 0 Å². The van der Waals surface area contributed by atoms with Crippen LogP contribution in [0.15, 0.2) is 24.3 Å². The lowest BCUT2D eigenvalue weighted by Crippen LogP contribution is -2.37. The normalized spacial score (nSPS) is 18.4. The molecular formula is C17H26ClNO2. The zero-order chi connectivity index (χ0) is 14.9. The molecule has 0 amide bonds. The van der Waals surface area contributed by atoms with Crippen LogP contribution in [0.5, 0.6) is 0 Å². The summed E-state index contributed by atoms with van der Waals surface area (Å²) in [5, 5.41) is 14.2. The highest BCUT2D eigenvalue weighted by molar-refractivity contribution is 6.30. The highest BCUT2D eigenvalue weighted by Crippen LogP contribution is 2.17. The molecule has 2 N–H and O–H groups in total. The van der Waals surface area contributed by atoms with Gasteiger partial charge in [-0.15, -0.1) is 0 Å². The number of benzene rings is 1. The van der Waals surface area contributed by atoms with Crippen molar-refractivity contribution in [3.8, 4) is 0 Å². The summed E-state index contributed by atoms with van der Waals surface area (Å²) in [7, 11) is 0. The van der Waals surface area contributed by atoms with Gasteiger partial charge in [0.15, 0.2) is 0 Å². The largest absolute Gasteiger partial charge is 0.389 e. The Bertz CT molecular complexity index is 388. The Hall–Kier alpha value is -0.610. The molecule has 0 heterocycles. The third kappa shape index (κ3) is 6.79. The Labute approximate surface area is 132 Å². The Morgan fingerprint density at radius 1 is 1.14 bits per heavy atom. The fourth-order valence-corrected chi connectivity index (χ4v) is 2.86. The molecule has 0 aromatic heterocycles. The monoisotopic (exact) mass is 311 g/mol. The zero-order valence-corrected chi connectivity index (χ0v) is 13.3. The third-order valence-corrected chi connectivity index (χ3v) is 4.24. The van der Waals surface area contributed by atoms with Gasteiger partial charge < -0.3 is 15.2 Å². The van der Waals surface area contributed by atoms with Crippen LogP contribution < -0.4 is 5.32 Å². The van der Waals surface area contributed by atoms with Gasteiger partial charge in [-0.2, -0.15) is 0 Å². The third-order valence-electron chi connectivity index (χ3n) is 3.99. The van der Waals surface area contributed by atoms with Crippen LogP contribution in [0.1, 0.15) is 44.1 Å². The number of halogens is 1. The SMILES string of the molecule is O[C@@H](CNC1CCCCCC1)COCc1ccc(Cl)cc1. The minimum atomic E-state index is -0.444. The lowest BCUT2D eigenvalue weighted by atomic mass is 10.1. The first kappa shape index (κ1) is 16.8. The van der Waals surface area contributed by atoms with E-state index in [9.17, 15) is 5.11 Å². The van der Waals surface area contributed by atoms with Gasteiger partial charge in [0.05, 0.1) is 19.3 Å². The van der Waals surface area contributed by atoms with E-state index in [1.54, 1.807) is 0 Å². The molecule has 0 unspecified atom stereocenters. The van der Waals surface area contributed by atoms with Crippen LogP contribution in [0, 0.1) is 0 Å². The Balaban J connectivity index is 1.58. The van der Waals surface area contributed by atoms with Crippen molar-refractivity contribution in [2.24, 2.45) is 0 Å². The Morgan fingerprint density at radius 3 is 2.48 bits per heavy atom. The molecule has 0 saturated heterocycles. The van der Waals surface area contributed by atoms with Crippen LogP contribution in [0.25, 0.3) is 0 Å². The molecule has 0 spiro atoms.